The van der Waals surface area contributed by atoms with Crippen molar-refractivity contribution >= 4 is 26.0 Å². The summed E-state index contributed by atoms with van der Waals surface area (Å²) in [5, 5.41) is 8.67. The fourth-order valence-electron chi connectivity index (χ4n) is 1.08. The molecule has 0 aliphatic heterocycles. The lowest BCUT2D eigenvalue weighted by molar-refractivity contribution is 0.472. The molecule has 2 rings (SSSR count). The van der Waals surface area contributed by atoms with Gasteiger partial charge in [0, 0.05) is 0 Å². The summed E-state index contributed by atoms with van der Waals surface area (Å²) in [5.41, 5.74) is 0.956. The van der Waals surface area contributed by atoms with E-state index < -0.39 is 10.1 Å². The zero-order valence-corrected chi connectivity index (χ0v) is 12.4. The number of halogens is 1. The van der Waals surface area contributed by atoms with Crippen molar-refractivity contribution in [2.45, 2.75) is 11.8 Å². The Balaban J connectivity index is 0.000000200. The van der Waals surface area contributed by atoms with Crippen LogP contribution in [0.2, 0.25) is 0 Å². The van der Waals surface area contributed by atoms with E-state index in [1.807, 2.05) is 6.92 Å². The molecule has 2 aromatic rings. The molecule has 1 aromatic heterocycles. The molecule has 0 aliphatic rings. The van der Waals surface area contributed by atoms with Gasteiger partial charge in [-0.15, -0.1) is 0 Å². The molecule has 0 spiro atoms. The Morgan fingerprint density at radius 3 is 2.05 bits per heavy atom. The number of rotatable bonds is 1. The van der Waals surface area contributed by atoms with Gasteiger partial charge in [-0.3, -0.25) is 4.55 Å². The fourth-order valence-corrected chi connectivity index (χ4v) is 1.79. The first-order valence-electron chi connectivity index (χ1n) is 5.14. The van der Waals surface area contributed by atoms with Gasteiger partial charge < -0.3 is 5.11 Å². The number of nitrogens with zero attached hydrogens (tertiary/aromatic N) is 1. The van der Waals surface area contributed by atoms with Crippen molar-refractivity contribution in [2.75, 3.05) is 0 Å². The van der Waals surface area contributed by atoms with E-state index in [9.17, 15) is 8.42 Å². The van der Waals surface area contributed by atoms with E-state index in [1.54, 1.807) is 24.3 Å². The Morgan fingerprint density at radius 2 is 1.68 bits per heavy atom. The van der Waals surface area contributed by atoms with Gasteiger partial charge >= 0.3 is 0 Å². The average molecular weight is 346 g/mol. The standard InChI is InChI=1S/C7H8O3S.C5H4BrNO/c1-6-2-4-7(5-3-6)11(8,9)10;6-5-2-1-4(8)3-7-5/h2-5H,1H3,(H,8,9,10);1-3,8H. The molecule has 0 fully saturated rings. The molecule has 7 heteroatoms. The number of aromatic hydroxyl groups is 1. The van der Waals surface area contributed by atoms with Crippen molar-refractivity contribution in [3.63, 3.8) is 0 Å². The fraction of sp³-hybridized carbons (Fsp3) is 0.0833. The number of aryl methyl sites for hydroxylation is 1. The first kappa shape index (κ1) is 15.6. The quantitative estimate of drug-likeness (QED) is 0.612. The summed E-state index contributed by atoms with van der Waals surface area (Å²) in [6.45, 7) is 1.84. The van der Waals surface area contributed by atoms with Crippen LogP contribution in [0.1, 0.15) is 5.56 Å². The van der Waals surface area contributed by atoms with Gasteiger partial charge in [0.15, 0.2) is 0 Å². The monoisotopic (exact) mass is 345 g/mol. The Kier molecular flexibility index (Phi) is 5.46. The molecule has 1 aromatic carbocycles. The van der Waals surface area contributed by atoms with Crippen molar-refractivity contribution in [3.8, 4) is 5.75 Å². The molecule has 5 nitrogen and oxygen atoms in total. The van der Waals surface area contributed by atoms with Gasteiger partial charge in [0.1, 0.15) is 10.4 Å². The van der Waals surface area contributed by atoms with Gasteiger partial charge in [0.2, 0.25) is 0 Å². The Bertz CT molecular complexity index is 603. The second-order valence-corrected chi connectivity index (χ2v) is 5.86. The highest BCUT2D eigenvalue weighted by Gasteiger charge is 2.06. The SMILES string of the molecule is Cc1ccc(S(=O)(=O)O)cc1.Oc1ccc(Br)nc1. The van der Waals surface area contributed by atoms with Crippen molar-refractivity contribution in [1.29, 1.82) is 0 Å². The second kappa shape index (κ2) is 6.65. The number of pyridine rings is 1. The molecule has 0 unspecified atom stereocenters. The second-order valence-electron chi connectivity index (χ2n) is 3.63. The van der Waals surface area contributed by atoms with Crippen LogP contribution in [0.3, 0.4) is 0 Å². The zero-order chi connectivity index (χ0) is 14.5. The maximum Gasteiger partial charge on any atom is 0.294 e. The number of hydrogen-bond acceptors (Lipinski definition) is 4. The highest BCUT2D eigenvalue weighted by molar-refractivity contribution is 9.10. The van der Waals surface area contributed by atoms with E-state index in [-0.39, 0.29) is 10.6 Å². The summed E-state index contributed by atoms with van der Waals surface area (Å²) >= 11 is 3.12. The molecule has 0 radical (unpaired) electrons. The molecule has 0 saturated carbocycles. The van der Waals surface area contributed by atoms with Gasteiger partial charge in [-0.2, -0.15) is 8.42 Å². The molecular formula is C12H12BrNO4S. The lowest BCUT2D eigenvalue weighted by Gasteiger charge is -1.95. The topological polar surface area (TPSA) is 87.5 Å². The van der Waals surface area contributed by atoms with Gasteiger partial charge in [0.25, 0.3) is 10.1 Å². The highest BCUT2D eigenvalue weighted by atomic mass is 79.9. The summed E-state index contributed by atoms with van der Waals surface area (Å²) in [4.78, 5) is 3.68. The Hall–Kier alpha value is -1.44. The molecule has 1 heterocycles. The van der Waals surface area contributed by atoms with Gasteiger partial charge in [-0.1, -0.05) is 17.7 Å². The summed E-state index contributed by atoms with van der Waals surface area (Å²) in [6, 6.07) is 9.23. The van der Waals surface area contributed by atoms with Crippen LogP contribution in [-0.2, 0) is 10.1 Å². The Labute approximate surface area is 119 Å². The van der Waals surface area contributed by atoms with Crippen LogP contribution < -0.4 is 0 Å². The molecule has 0 amide bonds. The molecule has 0 bridgehead atoms. The van der Waals surface area contributed by atoms with Gasteiger partial charge in [-0.05, 0) is 47.1 Å². The third-order valence-electron chi connectivity index (χ3n) is 2.03. The zero-order valence-electron chi connectivity index (χ0n) is 9.99. The van der Waals surface area contributed by atoms with Crippen LogP contribution in [0, 0.1) is 6.92 Å². The number of benzene rings is 1. The summed E-state index contributed by atoms with van der Waals surface area (Å²) in [5.74, 6) is 0.188. The van der Waals surface area contributed by atoms with E-state index in [0.717, 1.165) is 10.2 Å². The molecule has 0 saturated heterocycles. The Morgan fingerprint density at radius 1 is 1.11 bits per heavy atom. The maximum absolute atomic E-state index is 10.5. The van der Waals surface area contributed by atoms with Crippen LogP contribution in [0.5, 0.6) is 5.75 Å². The number of hydrogen-bond donors (Lipinski definition) is 2. The summed E-state index contributed by atoms with van der Waals surface area (Å²) in [7, 11) is -4.02. The van der Waals surface area contributed by atoms with Crippen LogP contribution in [0.25, 0.3) is 0 Å². The predicted octanol–water partition coefficient (Wildman–Crippen LogP) is 2.79. The van der Waals surface area contributed by atoms with E-state index >= 15 is 0 Å². The largest absolute Gasteiger partial charge is 0.506 e. The molecule has 2 N–H and O–H groups in total. The molecule has 0 aliphatic carbocycles. The third-order valence-corrected chi connectivity index (χ3v) is 3.37. The number of aromatic nitrogens is 1. The van der Waals surface area contributed by atoms with E-state index in [2.05, 4.69) is 20.9 Å². The van der Waals surface area contributed by atoms with Crippen molar-refractivity contribution in [2.24, 2.45) is 0 Å². The first-order chi connectivity index (χ1) is 8.79. The van der Waals surface area contributed by atoms with Crippen LogP contribution in [-0.4, -0.2) is 23.1 Å². The van der Waals surface area contributed by atoms with E-state index in [0.29, 0.717) is 0 Å². The summed E-state index contributed by atoms with van der Waals surface area (Å²) in [6.07, 6.45) is 1.38. The van der Waals surface area contributed by atoms with Crippen LogP contribution >= 0.6 is 15.9 Å². The molecule has 19 heavy (non-hydrogen) atoms. The minimum Gasteiger partial charge on any atom is -0.506 e. The minimum absolute atomic E-state index is 0.0666. The van der Waals surface area contributed by atoms with Crippen molar-refractivity contribution in [1.82, 2.24) is 4.98 Å². The lowest BCUT2D eigenvalue weighted by atomic mass is 10.2. The van der Waals surface area contributed by atoms with Gasteiger partial charge in [0.05, 0.1) is 11.1 Å². The van der Waals surface area contributed by atoms with E-state index in [4.69, 9.17) is 9.66 Å². The van der Waals surface area contributed by atoms with E-state index in [1.165, 1.54) is 18.3 Å². The molecule has 0 atom stereocenters. The first-order valence-corrected chi connectivity index (χ1v) is 7.37. The molecule has 102 valence electrons. The summed E-state index contributed by atoms with van der Waals surface area (Å²) < 4.78 is 30.3. The predicted molar refractivity (Wildman–Crippen MR) is 74.6 cm³/mol. The molecular weight excluding hydrogens is 334 g/mol. The third kappa shape index (κ3) is 5.82. The van der Waals surface area contributed by atoms with Crippen molar-refractivity contribution in [3.05, 3.63) is 52.8 Å². The highest BCUT2D eigenvalue weighted by Crippen LogP contribution is 2.09. The minimum atomic E-state index is -4.02. The van der Waals surface area contributed by atoms with Crippen LogP contribution in [0.4, 0.5) is 0 Å². The van der Waals surface area contributed by atoms with Gasteiger partial charge in [-0.25, -0.2) is 4.98 Å². The normalized spacial score (nSPS) is 10.5. The van der Waals surface area contributed by atoms with Crippen LogP contribution in [0.15, 0.2) is 52.1 Å². The van der Waals surface area contributed by atoms with Crippen molar-refractivity contribution < 1.29 is 18.1 Å². The maximum atomic E-state index is 10.5. The lowest BCUT2D eigenvalue weighted by Crippen LogP contribution is -1.96. The average Bonchev–Trinajstić information content (AvgIpc) is 2.33. The smallest absolute Gasteiger partial charge is 0.294 e.